The van der Waals surface area contributed by atoms with Gasteiger partial charge in [-0.1, -0.05) is 29.8 Å². The van der Waals surface area contributed by atoms with Crippen molar-refractivity contribution in [1.82, 2.24) is 10.2 Å². The number of carbonyl (C=O) groups is 1. The van der Waals surface area contributed by atoms with E-state index in [1.165, 1.54) is 0 Å². The first-order valence-electron chi connectivity index (χ1n) is 10.1. The molecule has 2 aromatic carbocycles. The first-order chi connectivity index (χ1) is 14.3. The third-order valence-electron chi connectivity index (χ3n) is 5.30. The predicted molar refractivity (Wildman–Crippen MR) is 111 cm³/mol. The highest BCUT2D eigenvalue weighted by molar-refractivity contribution is 5.95. The number of ether oxygens (including phenoxy) is 2. The van der Waals surface area contributed by atoms with Gasteiger partial charge >= 0.3 is 6.61 Å². The summed E-state index contributed by atoms with van der Waals surface area (Å²) in [5.74, 6) is -0.122. The summed E-state index contributed by atoms with van der Waals surface area (Å²) in [6, 6.07) is 11.5. The van der Waals surface area contributed by atoms with E-state index in [2.05, 4.69) is 27.1 Å². The molecule has 1 unspecified atom stereocenters. The van der Waals surface area contributed by atoms with Crippen LogP contribution >= 0.6 is 0 Å². The van der Waals surface area contributed by atoms with Crippen LogP contribution in [0.3, 0.4) is 0 Å². The van der Waals surface area contributed by atoms with E-state index in [-0.39, 0.29) is 17.7 Å². The molecule has 0 spiro atoms. The molecular formula is C23H28F2N2O3. The summed E-state index contributed by atoms with van der Waals surface area (Å²) in [6.07, 6.45) is 0. The highest BCUT2D eigenvalue weighted by Crippen LogP contribution is 2.27. The van der Waals surface area contributed by atoms with Crippen molar-refractivity contribution in [3.63, 3.8) is 0 Å². The van der Waals surface area contributed by atoms with Crippen LogP contribution in [0, 0.1) is 20.8 Å². The van der Waals surface area contributed by atoms with Crippen molar-refractivity contribution in [3.05, 3.63) is 64.2 Å². The number of nitrogens with zero attached hydrogens (tertiary/aromatic N) is 1. The molecule has 0 radical (unpaired) electrons. The summed E-state index contributed by atoms with van der Waals surface area (Å²) >= 11 is 0. The van der Waals surface area contributed by atoms with Crippen LogP contribution in [0.25, 0.3) is 0 Å². The largest absolute Gasteiger partial charge is 0.434 e. The van der Waals surface area contributed by atoms with Crippen molar-refractivity contribution in [3.8, 4) is 5.75 Å². The Labute approximate surface area is 176 Å². The van der Waals surface area contributed by atoms with E-state index < -0.39 is 6.61 Å². The van der Waals surface area contributed by atoms with Crippen LogP contribution in [0.1, 0.15) is 38.7 Å². The maximum Gasteiger partial charge on any atom is 0.387 e. The van der Waals surface area contributed by atoms with E-state index in [1.54, 1.807) is 26.0 Å². The number of halogens is 2. The molecule has 0 saturated carbocycles. The second-order valence-corrected chi connectivity index (χ2v) is 7.61. The average Bonchev–Trinajstić information content (AvgIpc) is 2.71. The van der Waals surface area contributed by atoms with Gasteiger partial charge in [0.15, 0.2) is 0 Å². The number of benzene rings is 2. The van der Waals surface area contributed by atoms with Crippen LogP contribution in [-0.2, 0) is 4.74 Å². The molecule has 1 amide bonds. The van der Waals surface area contributed by atoms with Gasteiger partial charge in [0.05, 0.1) is 19.3 Å². The van der Waals surface area contributed by atoms with Gasteiger partial charge in [-0.3, -0.25) is 9.69 Å². The molecule has 5 nitrogen and oxygen atoms in total. The van der Waals surface area contributed by atoms with E-state index in [1.807, 2.05) is 19.1 Å². The van der Waals surface area contributed by atoms with Crippen molar-refractivity contribution in [2.75, 3.05) is 32.8 Å². The molecular weight excluding hydrogens is 390 g/mol. The fourth-order valence-electron chi connectivity index (χ4n) is 3.87. The standard InChI is InChI=1S/C23H28F2N2O3/c1-15-5-4-6-18(11-15)20(27-7-9-29-10-8-27)14-26-22(28)19-12-16(2)21(17(3)13-19)30-23(24)25/h4-6,11-13,20,23H,7-10,14H2,1-3H3,(H,26,28). The fraction of sp³-hybridized carbons (Fsp3) is 0.435. The molecule has 1 saturated heterocycles. The second-order valence-electron chi connectivity index (χ2n) is 7.61. The minimum Gasteiger partial charge on any atom is -0.434 e. The van der Waals surface area contributed by atoms with Gasteiger partial charge in [0, 0.05) is 25.2 Å². The Kier molecular flexibility index (Phi) is 7.39. The van der Waals surface area contributed by atoms with Crippen molar-refractivity contribution >= 4 is 5.91 Å². The summed E-state index contributed by atoms with van der Waals surface area (Å²) < 4.78 is 35.2. The first-order valence-corrected chi connectivity index (χ1v) is 10.1. The zero-order chi connectivity index (χ0) is 21.7. The van der Waals surface area contributed by atoms with E-state index in [4.69, 9.17) is 4.74 Å². The molecule has 3 rings (SSSR count). The Balaban J connectivity index is 1.75. The van der Waals surface area contributed by atoms with Crippen molar-refractivity contribution in [2.45, 2.75) is 33.4 Å². The SMILES string of the molecule is Cc1cccc(C(CNC(=O)c2cc(C)c(OC(F)F)c(C)c2)N2CCOCC2)c1. The first kappa shape index (κ1) is 22.2. The summed E-state index contributed by atoms with van der Waals surface area (Å²) in [7, 11) is 0. The Morgan fingerprint density at radius 1 is 1.13 bits per heavy atom. The molecule has 1 N–H and O–H groups in total. The van der Waals surface area contributed by atoms with Gasteiger partial charge in [-0.25, -0.2) is 0 Å². The Morgan fingerprint density at radius 2 is 1.80 bits per heavy atom. The quantitative estimate of drug-likeness (QED) is 0.738. The normalized spacial score (nSPS) is 15.8. The predicted octanol–water partition coefficient (Wildman–Crippen LogP) is 4.02. The van der Waals surface area contributed by atoms with Crippen molar-refractivity contribution in [1.29, 1.82) is 0 Å². The maximum atomic E-state index is 12.8. The Morgan fingerprint density at radius 3 is 2.40 bits per heavy atom. The number of morpholine rings is 1. The molecule has 0 aromatic heterocycles. The molecule has 0 bridgehead atoms. The van der Waals surface area contributed by atoms with E-state index in [0.717, 1.165) is 24.2 Å². The van der Waals surface area contributed by atoms with Gasteiger partial charge in [-0.2, -0.15) is 8.78 Å². The molecule has 7 heteroatoms. The number of alkyl halides is 2. The van der Waals surface area contributed by atoms with Crippen LogP contribution in [-0.4, -0.2) is 50.3 Å². The van der Waals surface area contributed by atoms with Crippen LogP contribution < -0.4 is 10.1 Å². The lowest BCUT2D eigenvalue weighted by molar-refractivity contribution is -0.0507. The number of nitrogens with one attached hydrogen (secondary N) is 1. The lowest BCUT2D eigenvalue weighted by Gasteiger charge is -2.35. The topological polar surface area (TPSA) is 50.8 Å². The molecule has 0 aliphatic carbocycles. The zero-order valence-corrected chi connectivity index (χ0v) is 17.6. The minimum absolute atomic E-state index is 0.0291. The number of hydrogen-bond acceptors (Lipinski definition) is 4. The minimum atomic E-state index is -2.90. The Hall–Kier alpha value is -2.51. The summed E-state index contributed by atoms with van der Waals surface area (Å²) in [5.41, 5.74) is 3.74. The maximum absolute atomic E-state index is 12.8. The lowest BCUT2D eigenvalue weighted by Crippen LogP contribution is -2.43. The molecule has 162 valence electrons. The average molecular weight is 418 g/mol. The van der Waals surface area contributed by atoms with Crippen molar-refractivity contribution in [2.24, 2.45) is 0 Å². The van der Waals surface area contributed by atoms with Crippen molar-refractivity contribution < 1.29 is 23.0 Å². The molecule has 1 atom stereocenters. The monoisotopic (exact) mass is 418 g/mol. The second kappa shape index (κ2) is 10.00. The summed E-state index contributed by atoms with van der Waals surface area (Å²) in [6.45, 7) is 5.84. The van der Waals surface area contributed by atoms with Crippen LogP contribution in [0.4, 0.5) is 8.78 Å². The molecule has 1 aliphatic rings. The van der Waals surface area contributed by atoms with Crippen LogP contribution in [0.2, 0.25) is 0 Å². The third-order valence-corrected chi connectivity index (χ3v) is 5.30. The van der Waals surface area contributed by atoms with E-state index >= 15 is 0 Å². The van der Waals surface area contributed by atoms with Gasteiger partial charge in [-0.15, -0.1) is 0 Å². The number of carbonyl (C=O) groups excluding carboxylic acids is 1. The van der Waals surface area contributed by atoms with E-state index in [9.17, 15) is 13.6 Å². The van der Waals surface area contributed by atoms with Gasteiger partial charge in [0.1, 0.15) is 5.75 Å². The third kappa shape index (κ3) is 5.55. The smallest absolute Gasteiger partial charge is 0.387 e. The number of amides is 1. The number of rotatable bonds is 7. The number of hydrogen-bond donors (Lipinski definition) is 1. The molecule has 2 aromatic rings. The summed E-state index contributed by atoms with van der Waals surface area (Å²) in [5, 5.41) is 3.02. The molecule has 30 heavy (non-hydrogen) atoms. The van der Waals surface area contributed by atoms with Gasteiger partial charge in [0.2, 0.25) is 0 Å². The molecule has 1 aliphatic heterocycles. The van der Waals surface area contributed by atoms with Gasteiger partial charge in [-0.05, 0) is 49.6 Å². The summed E-state index contributed by atoms with van der Waals surface area (Å²) in [4.78, 5) is 15.1. The number of aryl methyl sites for hydroxylation is 3. The van der Waals surface area contributed by atoms with Crippen LogP contribution in [0.5, 0.6) is 5.75 Å². The van der Waals surface area contributed by atoms with E-state index in [0.29, 0.717) is 36.4 Å². The van der Waals surface area contributed by atoms with Gasteiger partial charge in [0.25, 0.3) is 5.91 Å². The van der Waals surface area contributed by atoms with Gasteiger partial charge < -0.3 is 14.8 Å². The highest BCUT2D eigenvalue weighted by atomic mass is 19.3. The molecule has 1 fully saturated rings. The molecule has 1 heterocycles. The zero-order valence-electron chi connectivity index (χ0n) is 17.6. The lowest BCUT2D eigenvalue weighted by atomic mass is 10.0. The van der Waals surface area contributed by atoms with Crippen LogP contribution in [0.15, 0.2) is 36.4 Å². The fourth-order valence-corrected chi connectivity index (χ4v) is 3.87. The highest BCUT2D eigenvalue weighted by Gasteiger charge is 2.24. The Bertz CT molecular complexity index is 859.